The van der Waals surface area contributed by atoms with Gasteiger partial charge in [0.05, 0.1) is 15.9 Å². The molecule has 1 fully saturated rings. The van der Waals surface area contributed by atoms with E-state index in [2.05, 4.69) is 46.7 Å². The molecule has 0 aliphatic heterocycles. The number of aryl methyl sites for hydroxylation is 2. The highest BCUT2D eigenvalue weighted by Crippen LogP contribution is 2.42. The molecule has 0 radical (unpaired) electrons. The topological polar surface area (TPSA) is 29.9 Å². The van der Waals surface area contributed by atoms with Gasteiger partial charge < -0.3 is 5.32 Å². The van der Waals surface area contributed by atoms with E-state index in [9.17, 15) is 0 Å². The Labute approximate surface area is 138 Å². The van der Waals surface area contributed by atoms with Crippen molar-refractivity contribution in [3.05, 3.63) is 15.9 Å². The minimum absolute atomic E-state index is 0.440. The van der Waals surface area contributed by atoms with E-state index in [-0.39, 0.29) is 0 Å². The van der Waals surface area contributed by atoms with Crippen molar-refractivity contribution in [3.63, 3.8) is 0 Å². The first-order chi connectivity index (χ1) is 10.2. The van der Waals surface area contributed by atoms with Gasteiger partial charge in [-0.15, -0.1) is 0 Å². The lowest BCUT2D eigenvalue weighted by Gasteiger charge is -2.30. The molecule has 3 nitrogen and oxygen atoms in total. The Morgan fingerprint density at radius 1 is 1.24 bits per heavy atom. The molecule has 0 saturated heterocycles. The maximum Gasteiger partial charge on any atom is 0.0766 e. The van der Waals surface area contributed by atoms with Crippen molar-refractivity contribution in [1.29, 1.82) is 0 Å². The van der Waals surface area contributed by atoms with Crippen molar-refractivity contribution in [3.8, 4) is 0 Å². The summed E-state index contributed by atoms with van der Waals surface area (Å²) in [7, 11) is 0. The van der Waals surface area contributed by atoms with Gasteiger partial charge in [-0.2, -0.15) is 5.10 Å². The third-order valence-corrected chi connectivity index (χ3v) is 5.74. The first-order valence-corrected chi connectivity index (χ1v) is 9.40. The van der Waals surface area contributed by atoms with Crippen LogP contribution in [0.5, 0.6) is 0 Å². The van der Waals surface area contributed by atoms with Gasteiger partial charge in [0.15, 0.2) is 0 Å². The van der Waals surface area contributed by atoms with E-state index in [0.29, 0.717) is 5.41 Å². The molecule has 1 aromatic heterocycles. The Morgan fingerprint density at radius 2 is 1.95 bits per heavy atom. The van der Waals surface area contributed by atoms with Crippen LogP contribution in [-0.4, -0.2) is 22.9 Å². The molecule has 1 aliphatic carbocycles. The van der Waals surface area contributed by atoms with Crippen molar-refractivity contribution in [2.45, 2.75) is 72.3 Å². The van der Waals surface area contributed by atoms with Gasteiger partial charge >= 0.3 is 0 Å². The van der Waals surface area contributed by atoms with Crippen LogP contribution in [0.25, 0.3) is 0 Å². The van der Waals surface area contributed by atoms with Gasteiger partial charge in [-0.3, -0.25) is 4.68 Å². The maximum atomic E-state index is 4.77. The number of aromatic nitrogens is 2. The Bertz CT molecular complexity index is 447. The Hall–Kier alpha value is -0.350. The van der Waals surface area contributed by atoms with Gasteiger partial charge in [-0.1, -0.05) is 26.7 Å². The normalized spacial score (nSPS) is 17.5. The monoisotopic (exact) mass is 355 g/mol. The summed E-state index contributed by atoms with van der Waals surface area (Å²) in [5.74, 6) is 0. The minimum atomic E-state index is 0.440. The molecule has 1 N–H and O–H groups in total. The number of nitrogens with one attached hydrogen (secondary N) is 1. The van der Waals surface area contributed by atoms with Crippen LogP contribution < -0.4 is 5.32 Å². The molecule has 0 aromatic carbocycles. The fourth-order valence-corrected chi connectivity index (χ4v) is 4.32. The van der Waals surface area contributed by atoms with Crippen LogP contribution in [0.2, 0.25) is 0 Å². The summed E-state index contributed by atoms with van der Waals surface area (Å²) < 4.78 is 3.47. The van der Waals surface area contributed by atoms with E-state index >= 15 is 0 Å². The van der Waals surface area contributed by atoms with E-state index < -0.39 is 0 Å². The second-order valence-electron chi connectivity index (χ2n) is 6.44. The highest BCUT2D eigenvalue weighted by Gasteiger charge is 2.35. The van der Waals surface area contributed by atoms with Gasteiger partial charge in [-0.25, -0.2) is 0 Å². The standard InChI is InChI=1S/C17H30BrN3/c1-4-11-19-13-17(9-7-8-10-17)12-15-16(18)14(5-2)20-21(15)6-3/h19H,4-13H2,1-3H3. The lowest BCUT2D eigenvalue weighted by Crippen LogP contribution is -2.35. The van der Waals surface area contributed by atoms with E-state index in [1.54, 1.807) is 0 Å². The van der Waals surface area contributed by atoms with Crippen molar-refractivity contribution in [1.82, 2.24) is 15.1 Å². The summed E-state index contributed by atoms with van der Waals surface area (Å²) in [6.07, 6.45) is 8.84. The van der Waals surface area contributed by atoms with Crippen LogP contribution in [0.3, 0.4) is 0 Å². The molecule has 1 aliphatic rings. The Morgan fingerprint density at radius 3 is 2.52 bits per heavy atom. The lowest BCUT2D eigenvalue weighted by atomic mass is 9.81. The van der Waals surface area contributed by atoms with Crippen molar-refractivity contribution >= 4 is 15.9 Å². The molecule has 1 saturated carbocycles. The molecule has 0 bridgehead atoms. The molecule has 0 spiro atoms. The number of hydrogen-bond acceptors (Lipinski definition) is 2. The Balaban J connectivity index is 2.18. The van der Waals surface area contributed by atoms with Crippen LogP contribution in [0, 0.1) is 5.41 Å². The zero-order valence-electron chi connectivity index (χ0n) is 13.8. The van der Waals surface area contributed by atoms with Gasteiger partial charge in [0.1, 0.15) is 0 Å². The molecule has 1 heterocycles. The lowest BCUT2D eigenvalue weighted by molar-refractivity contribution is 0.270. The number of rotatable bonds is 8. The van der Waals surface area contributed by atoms with E-state index in [0.717, 1.165) is 32.5 Å². The highest BCUT2D eigenvalue weighted by atomic mass is 79.9. The minimum Gasteiger partial charge on any atom is -0.316 e. The number of nitrogens with zero attached hydrogens (tertiary/aromatic N) is 2. The van der Waals surface area contributed by atoms with E-state index in [4.69, 9.17) is 5.10 Å². The third-order valence-electron chi connectivity index (χ3n) is 4.83. The summed E-state index contributed by atoms with van der Waals surface area (Å²) >= 11 is 3.81. The first kappa shape index (κ1) is 17.0. The Kier molecular flexibility index (Phi) is 6.30. The van der Waals surface area contributed by atoms with Crippen LogP contribution in [0.4, 0.5) is 0 Å². The molecule has 2 rings (SSSR count). The average molecular weight is 356 g/mol. The highest BCUT2D eigenvalue weighted by molar-refractivity contribution is 9.10. The maximum absolute atomic E-state index is 4.77. The molecule has 1 aromatic rings. The molecule has 4 heteroatoms. The first-order valence-electron chi connectivity index (χ1n) is 8.60. The predicted octanol–water partition coefficient (Wildman–Crippen LogP) is 4.33. The van der Waals surface area contributed by atoms with Gasteiger partial charge in [0, 0.05) is 13.1 Å². The molecular weight excluding hydrogens is 326 g/mol. The third kappa shape index (κ3) is 3.89. The molecule has 0 unspecified atom stereocenters. The average Bonchev–Trinajstić information content (AvgIpc) is 3.06. The van der Waals surface area contributed by atoms with E-state index in [1.807, 2.05) is 0 Å². The zero-order chi connectivity index (χ0) is 15.3. The smallest absolute Gasteiger partial charge is 0.0766 e. The second-order valence-corrected chi connectivity index (χ2v) is 7.23. The molecule has 0 amide bonds. The number of hydrogen-bond donors (Lipinski definition) is 1. The zero-order valence-corrected chi connectivity index (χ0v) is 15.4. The molecule has 21 heavy (non-hydrogen) atoms. The van der Waals surface area contributed by atoms with Crippen molar-refractivity contribution in [2.75, 3.05) is 13.1 Å². The summed E-state index contributed by atoms with van der Waals surface area (Å²) in [6, 6.07) is 0. The van der Waals surface area contributed by atoms with Gasteiger partial charge in [-0.05, 0) is 66.9 Å². The summed E-state index contributed by atoms with van der Waals surface area (Å²) in [4.78, 5) is 0. The predicted molar refractivity (Wildman–Crippen MR) is 92.7 cm³/mol. The largest absolute Gasteiger partial charge is 0.316 e. The molecule has 120 valence electrons. The van der Waals surface area contributed by atoms with Gasteiger partial charge in [0.25, 0.3) is 0 Å². The van der Waals surface area contributed by atoms with Crippen molar-refractivity contribution < 1.29 is 0 Å². The van der Waals surface area contributed by atoms with Crippen molar-refractivity contribution in [2.24, 2.45) is 5.41 Å². The second kappa shape index (κ2) is 7.77. The summed E-state index contributed by atoms with van der Waals surface area (Å²) in [6.45, 7) is 9.88. The van der Waals surface area contributed by atoms with Gasteiger partial charge in [0.2, 0.25) is 0 Å². The SMILES string of the molecule is CCCNCC1(Cc2c(Br)c(CC)nn2CC)CCCC1. The molecule has 0 atom stereocenters. The number of halogens is 1. The fourth-order valence-electron chi connectivity index (χ4n) is 3.61. The van der Waals surface area contributed by atoms with Crippen LogP contribution >= 0.6 is 15.9 Å². The van der Waals surface area contributed by atoms with Crippen LogP contribution in [0.15, 0.2) is 4.47 Å². The van der Waals surface area contributed by atoms with Crippen LogP contribution in [0.1, 0.15) is 64.3 Å². The van der Waals surface area contributed by atoms with Crippen LogP contribution in [-0.2, 0) is 19.4 Å². The summed E-state index contributed by atoms with van der Waals surface area (Å²) in [5.41, 5.74) is 3.06. The quantitative estimate of drug-likeness (QED) is 0.703. The summed E-state index contributed by atoms with van der Waals surface area (Å²) in [5, 5.41) is 8.44. The molecular formula is C17H30BrN3. The van der Waals surface area contributed by atoms with E-state index in [1.165, 1.54) is 48.0 Å². The fraction of sp³-hybridized carbons (Fsp3) is 0.824.